The number of rotatable bonds is 19. The molecule has 1 aliphatic carbocycles. The highest BCUT2D eigenvalue weighted by Crippen LogP contribution is 2.25. The van der Waals surface area contributed by atoms with Gasteiger partial charge < -0.3 is 37.0 Å². The Balaban J connectivity index is 1.01. The number of benzene rings is 1. The Morgan fingerprint density at radius 1 is 0.958 bits per heavy atom. The van der Waals surface area contributed by atoms with Gasteiger partial charge in [-0.2, -0.15) is 4.98 Å². The number of nitrogens with one attached hydrogen (secondary N) is 4. The van der Waals surface area contributed by atoms with E-state index in [4.69, 9.17) is 20.8 Å². The van der Waals surface area contributed by atoms with Crippen molar-refractivity contribution in [1.29, 1.82) is 0 Å². The zero-order chi connectivity index (χ0) is 33.6. The zero-order valence-electron chi connectivity index (χ0n) is 28.1. The topological polar surface area (TPSA) is 188 Å². The predicted molar refractivity (Wildman–Crippen MR) is 187 cm³/mol. The number of aromatic nitrogens is 5. The van der Waals surface area contributed by atoms with Gasteiger partial charge in [0.1, 0.15) is 11.9 Å². The second-order valence-corrected chi connectivity index (χ2v) is 13.1. The number of carbonyl (C=O) groups excluding carboxylic acids is 1. The fourth-order valence-corrected chi connectivity index (χ4v) is 6.47. The van der Waals surface area contributed by atoms with Crippen molar-refractivity contribution >= 4 is 34.5 Å². The van der Waals surface area contributed by atoms with Gasteiger partial charge in [0.2, 0.25) is 11.9 Å². The molecular weight excluding hydrogens is 610 g/mol. The molecule has 0 spiro atoms. The SMILES string of the molecule is N[C@@H](CCC(=O)N1CCC(Nc2nc(NCCc3cn(CCCNCCCNC4CCCCC4)nn3)nc3ccccc23)CC1)C(=O)O. The number of hydrogen-bond acceptors (Lipinski definition) is 11. The minimum absolute atomic E-state index is 0.0514. The number of nitrogens with zero attached hydrogens (tertiary/aromatic N) is 6. The van der Waals surface area contributed by atoms with E-state index >= 15 is 0 Å². The van der Waals surface area contributed by atoms with Crippen molar-refractivity contribution in [3.05, 3.63) is 36.2 Å². The number of carbonyl (C=O) groups is 2. The molecule has 3 aromatic rings. The lowest BCUT2D eigenvalue weighted by molar-refractivity contribution is -0.139. The van der Waals surface area contributed by atoms with Crippen LogP contribution in [0.25, 0.3) is 10.9 Å². The molecule has 1 saturated heterocycles. The summed E-state index contributed by atoms with van der Waals surface area (Å²) in [6.45, 7) is 5.76. The maximum atomic E-state index is 12.6. The molecule has 7 N–H and O–H groups in total. The molecule has 0 radical (unpaired) electrons. The van der Waals surface area contributed by atoms with Gasteiger partial charge in [-0.3, -0.25) is 14.3 Å². The maximum Gasteiger partial charge on any atom is 0.320 e. The van der Waals surface area contributed by atoms with Gasteiger partial charge in [-0.05, 0) is 76.7 Å². The van der Waals surface area contributed by atoms with Crippen molar-refractivity contribution in [1.82, 2.24) is 40.5 Å². The molecule has 262 valence electrons. The summed E-state index contributed by atoms with van der Waals surface area (Å²) in [5.41, 5.74) is 7.34. The second-order valence-electron chi connectivity index (χ2n) is 13.1. The number of likely N-dealkylation sites (tertiary alicyclic amines) is 1. The first-order valence-electron chi connectivity index (χ1n) is 17.8. The quantitative estimate of drug-likeness (QED) is 0.103. The van der Waals surface area contributed by atoms with Crippen LogP contribution in [-0.4, -0.2) is 104 Å². The van der Waals surface area contributed by atoms with E-state index < -0.39 is 12.0 Å². The van der Waals surface area contributed by atoms with Gasteiger partial charge in [0.05, 0.1) is 11.2 Å². The van der Waals surface area contributed by atoms with Crippen LogP contribution in [0.3, 0.4) is 0 Å². The van der Waals surface area contributed by atoms with Gasteiger partial charge in [-0.15, -0.1) is 5.10 Å². The lowest BCUT2D eigenvalue weighted by Crippen LogP contribution is -2.43. The Morgan fingerprint density at radius 2 is 1.75 bits per heavy atom. The highest BCUT2D eigenvalue weighted by Gasteiger charge is 2.25. The average molecular weight is 664 g/mol. The molecule has 1 amide bonds. The molecule has 2 aliphatic rings. The monoisotopic (exact) mass is 663 g/mol. The van der Waals surface area contributed by atoms with Gasteiger partial charge in [-0.1, -0.05) is 36.6 Å². The Hall–Kier alpha value is -3.88. The van der Waals surface area contributed by atoms with Crippen molar-refractivity contribution in [2.24, 2.45) is 5.73 Å². The van der Waals surface area contributed by atoms with Crippen LogP contribution in [0.2, 0.25) is 0 Å². The first kappa shape index (κ1) is 35.4. The number of piperidine rings is 1. The van der Waals surface area contributed by atoms with Gasteiger partial charge >= 0.3 is 5.97 Å². The van der Waals surface area contributed by atoms with Crippen LogP contribution in [0.1, 0.15) is 76.3 Å². The van der Waals surface area contributed by atoms with E-state index in [0.29, 0.717) is 32.0 Å². The van der Waals surface area contributed by atoms with Crippen molar-refractivity contribution in [3.8, 4) is 0 Å². The number of fused-ring (bicyclic) bond motifs is 1. The highest BCUT2D eigenvalue weighted by atomic mass is 16.4. The Morgan fingerprint density at radius 3 is 2.56 bits per heavy atom. The lowest BCUT2D eigenvalue weighted by atomic mass is 9.95. The number of hydrogen-bond donors (Lipinski definition) is 6. The van der Waals surface area contributed by atoms with E-state index in [1.54, 1.807) is 4.90 Å². The molecule has 2 fully saturated rings. The van der Waals surface area contributed by atoms with E-state index in [0.717, 1.165) is 80.3 Å². The number of para-hydroxylation sites is 1. The summed E-state index contributed by atoms with van der Waals surface area (Å²) < 4.78 is 1.92. The number of carboxylic acid groups (broad SMARTS) is 1. The molecule has 2 aromatic heterocycles. The summed E-state index contributed by atoms with van der Waals surface area (Å²) in [5.74, 6) is 0.179. The molecule has 1 aliphatic heterocycles. The largest absolute Gasteiger partial charge is 0.480 e. The normalized spacial score (nSPS) is 16.6. The zero-order valence-corrected chi connectivity index (χ0v) is 28.1. The lowest BCUT2D eigenvalue weighted by Gasteiger charge is -2.33. The van der Waals surface area contributed by atoms with Crippen molar-refractivity contribution in [2.75, 3.05) is 49.9 Å². The molecule has 0 bridgehead atoms. The first-order valence-corrected chi connectivity index (χ1v) is 17.8. The molecule has 1 atom stereocenters. The summed E-state index contributed by atoms with van der Waals surface area (Å²) in [6, 6.07) is 7.80. The van der Waals surface area contributed by atoms with Crippen molar-refractivity contribution < 1.29 is 14.7 Å². The summed E-state index contributed by atoms with van der Waals surface area (Å²) in [4.78, 5) is 34.9. The molecule has 1 saturated carbocycles. The van der Waals surface area contributed by atoms with Crippen LogP contribution in [0, 0.1) is 0 Å². The van der Waals surface area contributed by atoms with Crippen LogP contribution in [0.4, 0.5) is 11.8 Å². The summed E-state index contributed by atoms with van der Waals surface area (Å²) >= 11 is 0. The fraction of sp³-hybridized carbons (Fsp3) is 0.647. The van der Waals surface area contributed by atoms with Gasteiger partial charge in [0.25, 0.3) is 0 Å². The summed E-state index contributed by atoms with van der Waals surface area (Å²) in [6.07, 6.45) is 13.5. The number of aliphatic carboxylic acids is 1. The van der Waals surface area contributed by atoms with E-state index in [1.165, 1.54) is 32.1 Å². The smallest absolute Gasteiger partial charge is 0.320 e. The fourth-order valence-electron chi connectivity index (χ4n) is 6.47. The van der Waals surface area contributed by atoms with E-state index in [9.17, 15) is 9.59 Å². The summed E-state index contributed by atoms with van der Waals surface area (Å²) in [5, 5.41) is 32.8. The first-order chi connectivity index (χ1) is 23.4. The van der Waals surface area contributed by atoms with Gasteiger partial charge in [0.15, 0.2) is 0 Å². The Kier molecular flexibility index (Phi) is 13.7. The van der Waals surface area contributed by atoms with Crippen LogP contribution < -0.4 is 27.0 Å². The number of anilines is 2. The van der Waals surface area contributed by atoms with Crippen LogP contribution in [0.5, 0.6) is 0 Å². The van der Waals surface area contributed by atoms with E-state index in [-0.39, 0.29) is 24.8 Å². The van der Waals surface area contributed by atoms with Crippen molar-refractivity contribution in [3.63, 3.8) is 0 Å². The number of aryl methyl sites for hydroxylation is 1. The minimum atomic E-state index is -1.08. The van der Waals surface area contributed by atoms with Gasteiger partial charge in [-0.25, -0.2) is 4.98 Å². The summed E-state index contributed by atoms with van der Waals surface area (Å²) in [7, 11) is 0. The molecule has 1 aromatic carbocycles. The van der Waals surface area contributed by atoms with Crippen LogP contribution >= 0.6 is 0 Å². The molecule has 3 heterocycles. The number of carboxylic acids is 1. The molecule has 0 unspecified atom stereocenters. The molecule has 14 heteroatoms. The number of nitrogens with two attached hydrogens (primary N) is 1. The third-order valence-electron chi connectivity index (χ3n) is 9.34. The third-order valence-corrected chi connectivity index (χ3v) is 9.34. The van der Waals surface area contributed by atoms with Crippen molar-refractivity contribution in [2.45, 2.75) is 102 Å². The standard InChI is InChI=1S/C34H53N11O3/c35-29(33(47)48)12-13-31(46)44-22-15-26(16-23-44)39-32-28-10-4-5-11-30(28)40-34(41-32)38-20-14-27-24-45(43-42-27)21-7-18-36-17-6-19-37-25-8-2-1-3-9-25/h4-5,10-11,24-26,29,36-37H,1-3,6-9,12-23,35H2,(H,47,48)(H2,38,39,40,41)/t29-/m0/s1. The van der Waals surface area contributed by atoms with Crippen LogP contribution in [-0.2, 0) is 22.6 Å². The Labute approximate surface area is 283 Å². The minimum Gasteiger partial charge on any atom is -0.480 e. The molecule has 5 rings (SSSR count). The van der Waals surface area contributed by atoms with E-state index in [1.807, 2.05) is 35.1 Å². The second kappa shape index (κ2) is 18.6. The molecule has 48 heavy (non-hydrogen) atoms. The number of amides is 1. The van der Waals surface area contributed by atoms with E-state index in [2.05, 4.69) is 31.6 Å². The average Bonchev–Trinajstić information content (AvgIpc) is 3.56. The highest BCUT2D eigenvalue weighted by molar-refractivity contribution is 5.90. The third kappa shape index (κ3) is 11.1. The van der Waals surface area contributed by atoms with Crippen LogP contribution in [0.15, 0.2) is 30.5 Å². The Bertz CT molecular complexity index is 1440. The maximum absolute atomic E-state index is 12.6. The predicted octanol–water partition coefficient (Wildman–Crippen LogP) is 2.76. The molecule has 14 nitrogen and oxygen atoms in total. The van der Waals surface area contributed by atoms with Gasteiger partial charge in [0, 0.05) is 62.7 Å². The molecular formula is C34H53N11O3.